The van der Waals surface area contributed by atoms with Crippen molar-refractivity contribution in [3.05, 3.63) is 29.6 Å². The van der Waals surface area contributed by atoms with Crippen molar-refractivity contribution in [1.29, 1.82) is 0 Å². The van der Waals surface area contributed by atoms with E-state index in [2.05, 4.69) is 13.8 Å². The Labute approximate surface area is 106 Å². The van der Waals surface area contributed by atoms with Gasteiger partial charge in [-0.1, -0.05) is 13.8 Å². The molecule has 4 heteroatoms. The molecule has 1 heterocycles. The second-order valence-electron chi connectivity index (χ2n) is 5.21. The maximum absolute atomic E-state index is 12.9. The Morgan fingerprint density at radius 2 is 2.22 bits per heavy atom. The molecule has 0 saturated carbocycles. The molecule has 1 amide bonds. The van der Waals surface area contributed by atoms with Gasteiger partial charge in [-0.2, -0.15) is 0 Å². The first-order valence-electron chi connectivity index (χ1n) is 6.27. The molecule has 0 radical (unpaired) electrons. The zero-order chi connectivity index (χ0) is 13.3. The number of carbonyl (C=O) groups is 1. The molecular weight excluding hydrogens is 233 g/mol. The highest BCUT2D eigenvalue weighted by molar-refractivity contribution is 5.96. The normalized spacial score (nSPS) is 19.6. The lowest BCUT2D eigenvalue weighted by Gasteiger charge is -2.18. The number of carbonyl (C=O) groups excluding carboxylic acids is 1. The molecule has 18 heavy (non-hydrogen) atoms. The third-order valence-corrected chi connectivity index (χ3v) is 3.64. The number of phenolic OH excluding ortho intramolecular Hbond substituents is 1. The number of likely N-dealkylation sites (tertiary alicyclic amines) is 1. The van der Waals surface area contributed by atoms with Crippen LogP contribution in [-0.4, -0.2) is 29.0 Å². The molecule has 0 bridgehead atoms. The molecule has 1 aliphatic rings. The number of aromatic hydroxyl groups is 1. The monoisotopic (exact) mass is 251 g/mol. The fourth-order valence-electron chi connectivity index (χ4n) is 2.37. The number of nitrogens with zero attached hydrogens (tertiary/aromatic N) is 1. The molecule has 1 unspecified atom stereocenters. The number of rotatable bonds is 2. The summed E-state index contributed by atoms with van der Waals surface area (Å²) in [5.74, 6) is 0.0235. The third-order valence-electron chi connectivity index (χ3n) is 3.64. The predicted octanol–water partition coefficient (Wildman–Crippen LogP) is 2.65. The van der Waals surface area contributed by atoms with Crippen molar-refractivity contribution in [1.82, 2.24) is 4.90 Å². The standard InChI is InChI=1S/C14H18FNO2/c1-9(2)10-5-6-16(8-10)14(18)12-4-3-11(15)7-13(12)17/h3-4,7,9-10,17H,5-6,8H2,1-2H3. The zero-order valence-corrected chi connectivity index (χ0v) is 10.7. The summed E-state index contributed by atoms with van der Waals surface area (Å²) in [6, 6.07) is 3.52. The van der Waals surface area contributed by atoms with E-state index in [-0.39, 0.29) is 17.2 Å². The summed E-state index contributed by atoms with van der Waals surface area (Å²) in [5, 5.41) is 9.61. The Kier molecular flexibility index (Phi) is 3.55. The van der Waals surface area contributed by atoms with E-state index in [1.165, 1.54) is 12.1 Å². The van der Waals surface area contributed by atoms with Gasteiger partial charge in [0.25, 0.3) is 5.91 Å². The summed E-state index contributed by atoms with van der Waals surface area (Å²) in [4.78, 5) is 13.9. The average molecular weight is 251 g/mol. The summed E-state index contributed by atoms with van der Waals surface area (Å²) >= 11 is 0. The number of benzene rings is 1. The molecule has 1 N–H and O–H groups in total. The Bertz CT molecular complexity index is 459. The van der Waals surface area contributed by atoms with Crippen molar-refractivity contribution >= 4 is 5.91 Å². The van der Waals surface area contributed by atoms with Crippen LogP contribution in [0.25, 0.3) is 0 Å². The van der Waals surface area contributed by atoms with E-state index < -0.39 is 5.82 Å². The highest BCUT2D eigenvalue weighted by atomic mass is 19.1. The van der Waals surface area contributed by atoms with Gasteiger partial charge < -0.3 is 10.0 Å². The van der Waals surface area contributed by atoms with Crippen molar-refractivity contribution in [2.75, 3.05) is 13.1 Å². The van der Waals surface area contributed by atoms with Gasteiger partial charge in [-0.05, 0) is 30.4 Å². The first-order chi connectivity index (χ1) is 8.49. The first kappa shape index (κ1) is 12.9. The fourth-order valence-corrected chi connectivity index (χ4v) is 2.37. The molecule has 1 aromatic rings. The van der Waals surface area contributed by atoms with Gasteiger partial charge in [0, 0.05) is 19.2 Å². The number of hydrogen-bond donors (Lipinski definition) is 1. The van der Waals surface area contributed by atoms with Gasteiger partial charge in [-0.15, -0.1) is 0 Å². The van der Waals surface area contributed by atoms with E-state index in [4.69, 9.17) is 0 Å². The highest BCUT2D eigenvalue weighted by Gasteiger charge is 2.29. The molecule has 0 spiro atoms. The van der Waals surface area contributed by atoms with Gasteiger partial charge in [0.1, 0.15) is 11.6 Å². The Balaban J connectivity index is 2.13. The van der Waals surface area contributed by atoms with Gasteiger partial charge in [0.15, 0.2) is 0 Å². The van der Waals surface area contributed by atoms with Gasteiger partial charge in [-0.25, -0.2) is 4.39 Å². The summed E-state index contributed by atoms with van der Waals surface area (Å²) < 4.78 is 12.9. The molecule has 98 valence electrons. The SMILES string of the molecule is CC(C)C1CCN(C(=O)c2ccc(F)cc2O)C1. The van der Waals surface area contributed by atoms with Crippen LogP contribution in [0.1, 0.15) is 30.6 Å². The summed E-state index contributed by atoms with van der Waals surface area (Å²) in [7, 11) is 0. The Morgan fingerprint density at radius 3 is 2.78 bits per heavy atom. The van der Waals surface area contributed by atoms with Crippen LogP contribution < -0.4 is 0 Å². The minimum absolute atomic E-state index is 0.181. The summed E-state index contributed by atoms with van der Waals surface area (Å²) in [6.07, 6.45) is 0.991. The van der Waals surface area contributed by atoms with Crippen molar-refractivity contribution in [2.24, 2.45) is 11.8 Å². The van der Waals surface area contributed by atoms with Gasteiger partial charge in [0.05, 0.1) is 5.56 Å². The lowest BCUT2D eigenvalue weighted by Crippen LogP contribution is -2.29. The topological polar surface area (TPSA) is 40.5 Å². The molecule has 2 rings (SSSR count). The second kappa shape index (κ2) is 4.96. The van der Waals surface area contributed by atoms with Crippen molar-refractivity contribution in [3.63, 3.8) is 0 Å². The molecular formula is C14H18FNO2. The van der Waals surface area contributed by atoms with Crippen LogP contribution in [0.5, 0.6) is 5.75 Å². The second-order valence-corrected chi connectivity index (χ2v) is 5.21. The van der Waals surface area contributed by atoms with Crippen molar-refractivity contribution < 1.29 is 14.3 Å². The predicted molar refractivity (Wildman–Crippen MR) is 66.9 cm³/mol. The van der Waals surface area contributed by atoms with Crippen molar-refractivity contribution in [2.45, 2.75) is 20.3 Å². The molecule has 1 aliphatic heterocycles. The number of hydrogen-bond acceptors (Lipinski definition) is 2. The minimum Gasteiger partial charge on any atom is -0.507 e. The van der Waals surface area contributed by atoms with Crippen LogP contribution in [0, 0.1) is 17.7 Å². The van der Waals surface area contributed by atoms with Gasteiger partial charge in [0.2, 0.25) is 0 Å². The molecule has 3 nitrogen and oxygen atoms in total. The lowest BCUT2D eigenvalue weighted by atomic mass is 9.95. The fraction of sp³-hybridized carbons (Fsp3) is 0.500. The highest BCUT2D eigenvalue weighted by Crippen LogP contribution is 2.27. The minimum atomic E-state index is -0.537. The van der Waals surface area contributed by atoms with Crippen LogP contribution in [0.15, 0.2) is 18.2 Å². The molecule has 1 atom stereocenters. The van der Waals surface area contributed by atoms with E-state index >= 15 is 0 Å². The van der Waals surface area contributed by atoms with Crippen LogP contribution in [-0.2, 0) is 0 Å². The number of phenols is 1. The molecule has 0 aliphatic carbocycles. The first-order valence-corrected chi connectivity index (χ1v) is 6.27. The maximum atomic E-state index is 12.9. The van der Waals surface area contributed by atoms with E-state index in [1.807, 2.05) is 0 Å². The Morgan fingerprint density at radius 1 is 1.50 bits per heavy atom. The van der Waals surface area contributed by atoms with E-state index in [1.54, 1.807) is 4.90 Å². The maximum Gasteiger partial charge on any atom is 0.257 e. The van der Waals surface area contributed by atoms with Crippen LogP contribution in [0.2, 0.25) is 0 Å². The molecule has 1 fully saturated rings. The van der Waals surface area contributed by atoms with E-state index in [0.29, 0.717) is 24.9 Å². The smallest absolute Gasteiger partial charge is 0.257 e. The third kappa shape index (κ3) is 2.47. The van der Waals surface area contributed by atoms with Gasteiger partial charge >= 0.3 is 0 Å². The Hall–Kier alpha value is -1.58. The quantitative estimate of drug-likeness (QED) is 0.877. The van der Waals surface area contributed by atoms with E-state index in [9.17, 15) is 14.3 Å². The number of halogens is 1. The molecule has 0 aromatic heterocycles. The molecule has 1 aromatic carbocycles. The van der Waals surface area contributed by atoms with Gasteiger partial charge in [-0.3, -0.25) is 4.79 Å². The lowest BCUT2D eigenvalue weighted by molar-refractivity contribution is 0.0781. The largest absolute Gasteiger partial charge is 0.507 e. The summed E-state index contributed by atoms with van der Waals surface area (Å²) in [6.45, 7) is 5.72. The van der Waals surface area contributed by atoms with Crippen molar-refractivity contribution in [3.8, 4) is 5.75 Å². The van der Waals surface area contributed by atoms with Crippen LogP contribution in [0.4, 0.5) is 4.39 Å². The average Bonchev–Trinajstić information content (AvgIpc) is 2.77. The summed E-state index contributed by atoms with van der Waals surface area (Å²) in [5.41, 5.74) is 0.181. The van der Waals surface area contributed by atoms with Crippen LogP contribution >= 0.6 is 0 Å². The van der Waals surface area contributed by atoms with E-state index in [0.717, 1.165) is 12.5 Å². The van der Waals surface area contributed by atoms with Crippen LogP contribution in [0.3, 0.4) is 0 Å². The zero-order valence-electron chi connectivity index (χ0n) is 10.7. The molecule has 1 saturated heterocycles. The number of amides is 1.